The van der Waals surface area contributed by atoms with Gasteiger partial charge >= 0.3 is 12.3 Å². The molecule has 0 saturated carbocycles. The van der Waals surface area contributed by atoms with Crippen LogP contribution in [0.5, 0.6) is 5.75 Å². The van der Waals surface area contributed by atoms with Crippen molar-refractivity contribution < 1.29 is 18.7 Å². The third-order valence-corrected chi connectivity index (χ3v) is 2.45. The Kier molecular flexibility index (Phi) is 5.02. The van der Waals surface area contributed by atoms with Crippen molar-refractivity contribution in [2.24, 2.45) is 0 Å². The molecule has 0 spiro atoms. The van der Waals surface area contributed by atoms with Crippen LogP contribution in [0.25, 0.3) is 0 Å². The maximum Gasteiger partial charge on any atom is 0.381 e. The number of carbonyl (C=O) groups is 1. The van der Waals surface area contributed by atoms with E-state index in [1.54, 1.807) is 6.92 Å². The second-order valence-corrected chi connectivity index (χ2v) is 4.05. The molecule has 0 amide bonds. The van der Waals surface area contributed by atoms with Gasteiger partial charge in [0, 0.05) is 5.02 Å². The molecule has 16 heavy (non-hydrogen) atoms. The number of ether oxygens (including phenoxy) is 2. The second kappa shape index (κ2) is 6.06. The minimum absolute atomic E-state index is 0.102. The number of esters is 1. The zero-order valence-electron chi connectivity index (χ0n) is 8.38. The Bertz CT molecular complexity index is 386. The molecule has 0 fully saturated rings. The monoisotopic (exact) mass is 310 g/mol. The standard InChI is InChI=1S/C10H9BrClFO3/c1-2-15-10(14)9(13)16-8-4-3-6(12)5-7(8)11/h3-5,9H,2H2,1H3. The number of alkyl halides is 1. The van der Waals surface area contributed by atoms with Crippen LogP contribution in [0, 0.1) is 0 Å². The lowest BCUT2D eigenvalue weighted by molar-refractivity contribution is -0.159. The zero-order chi connectivity index (χ0) is 12.1. The summed E-state index contributed by atoms with van der Waals surface area (Å²) in [7, 11) is 0. The lowest BCUT2D eigenvalue weighted by Gasteiger charge is -2.11. The topological polar surface area (TPSA) is 35.5 Å². The van der Waals surface area contributed by atoms with E-state index in [1.807, 2.05) is 0 Å². The van der Waals surface area contributed by atoms with E-state index in [1.165, 1.54) is 18.2 Å². The van der Waals surface area contributed by atoms with Crippen LogP contribution in [0.2, 0.25) is 5.02 Å². The predicted molar refractivity (Wildman–Crippen MR) is 61.3 cm³/mol. The van der Waals surface area contributed by atoms with Crippen LogP contribution in [0.3, 0.4) is 0 Å². The molecule has 0 saturated heterocycles. The maximum absolute atomic E-state index is 13.2. The van der Waals surface area contributed by atoms with Gasteiger partial charge in [0.25, 0.3) is 0 Å². The highest BCUT2D eigenvalue weighted by atomic mass is 79.9. The van der Waals surface area contributed by atoms with Crippen LogP contribution in [0.4, 0.5) is 4.39 Å². The lowest BCUT2D eigenvalue weighted by Crippen LogP contribution is -2.24. The van der Waals surface area contributed by atoms with Crippen LogP contribution in [0.1, 0.15) is 6.92 Å². The first-order valence-electron chi connectivity index (χ1n) is 4.47. The largest absolute Gasteiger partial charge is 0.461 e. The maximum atomic E-state index is 13.2. The summed E-state index contributed by atoms with van der Waals surface area (Å²) >= 11 is 8.83. The summed E-state index contributed by atoms with van der Waals surface area (Å²) in [6.45, 7) is 1.69. The fourth-order valence-electron chi connectivity index (χ4n) is 0.938. The van der Waals surface area contributed by atoms with Crippen LogP contribution in [-0.2, 0) is 9.53 Å². The number of carbonyl (C=O) groups excluding carboxylic acids is 1. The quantitative estimate of drug-likeness (QED) is 0.800. The van der Waals surface area contributed by atoms with Gasteiger partial charge in [0.1, 0.15) is 5.75 Å². The van der Waals surface area contributed by atoms with Crippen LogP contribution in [-0.4, -0.2) is 18.9 Å². The highest BCUT2D eigenvalue weighted by molar-refractivity contribution is 9.10. The van der Waals surface area contributed by atoms with Crippen molar-refractivity contribution in [2.45, 2.75) is 13.3 Å². The van der Waals surface area contributed by atoms with Gasteiger partial charge in [-0.1, -0.05) is 11.6 Å². The van der Waals surface area contributed by atoms with E-state index >= 15 is 0 Å². The van der Waals surface area contributed by atoms with Gasteiger partial charge in [0.05, 0.1) is 11.1 Å². The summed E-state index contributed by atoms with van der Waals surface area (Å²) in [4.78, 5) is 11.0. The van der Waals surface area contributed by atoms with E-state index in [4.69, 9.17) is 16.3 Å². The molecule has 1 atom stereocenters. The number of rotatable bonds is 4. The zero-order valence-corrected chi connectivity index (χ0v) is 10.7. The van der Waals surface area contributed by atoms with Crippen molar-refractivity contribution in [3.63, 3.8) is 0 Å². The van der Waals surface area contributed by atoms with Gasteiger partial charge in [-0.15, -0.1) is 0 Å². The molecule has 1 unspecified atom stereocenters. The Labute approximate surface area is 106 Å². The minimum atomic E-state index is -2.14. The fourth-order valence-corrected chi connectivity index (χ4v) is 1.71. The molecule has 1 aromatic rings. The molecule has 1 rings (SSSR count). The molecule has 0 bridgehead atoms. The molecule has 0 aliphatic carbocycles. The van der Waals surface area contributed by atoms with Gasteiger partial charge in [0.15, 0.2) is 0 Å². The van der Waals surface area contributed by atoms with Gasteiger partial charge in [-0.3, -0.25) is 0 Å². The molecule has 0 radical (unpaired) electrons. The molecule has 0 aliphatic rings. The first-order valence-corrected chi connectivity index (χ1v) is 5.64. The van der Waals surface area contributed by atoms with Crippen molar-refractivity contribution >= 4 is 33.5 Å². The summed E-state index contributed by atoms with van der Waals surface area (Å²) in [5.41, 5.74) is 0. The van der Waals surface area contributed by atoms with Crippen LogP contribution >= 0.6 is 27.5 Å². The molecule has 0 N–H and O–H groups in total. The molecule has 88 valence electrons. The van der Waals surface area contributed by atoms with E-state index in [0.717, 1.165) is 0 Å². The van der Waals surface area contributed by atoms with Crippen molar-refractivity contribution in [2.75, 3.05) is 6.61 Å². The van der Waals surface area contributed by atoms with Gasteiger partial charge in [-0.25, -0.2) is 4.79 Å². The molecule has 6 heteroatoms. The number of benzene rings is 1. The predicted octanol–water partition coefficient (Wildman–Crippen LogP) is 3.34. The third-order valence-electron chi connectivity index (χ3n) is 1.60. The van der Waals surface area contributed by atoms with Crippen molar-refractivity contribution in [3.8, 4) is 5.75 Å². The van der Waals surface area contributed by atoms with Gasteiger partial charge < -0.3 is 9.47 Å². The van der Waals surface area contributed by atoms with E-state index < -0.39 is 12.3 Å². The summed E-state index contributed by atoms with van der Waals surface area (Å²) in [5, 5.41) is 0.478. The average Bonchev–Trinajstić information content (AvgIpc) is 2.22. The highest BCUT2D eigenvalue weighted by Gasteiger charge is 2.21. The first kappa shape index (κ1) is 13.3. The molecular formula is C10H9BrClFO3. The molecule has 0 heterocycles. The van der Waals surface area contributed by atoms with Crippen molar-refractivity contribution in [1.82, 2.24) is 0 Å². The highest BCUT2D eigenvalue weighted by Crippen LogP contribution is 2.29. The summed E-state index contributed by atoms with van der Waals surface area (Å²) < 4.78 is 22.9. The fraction of sp³-hybridized carbons (Fsp3) is 0.300. The smallest absolute Gasteiger partial charge is 0.381 e. The molecule has 0 aliphatic heterocycles. The average molecular weight is 312 g/mol. The van der Waals surface area contributed by atoms with Crippen LogP contribution < -0.4 is 4.74 Å². The molecular weight excluding hydrogens is 302 g/mol. The lowest BCUT2D eigenvalue weighted by atomic mass is 10.3. The Morgan fingerprint density at radius 3 is 2.88 bits per heavy atom. The SMILES string of the molecule is CCOC(=O)C(F)Oc1ccc(Cl)cc1Br. The first-order chi connectivity index (χ1) is 7.54. The molecule has 1 aromatic carbocycles. The summed E-state index contributed by atoms with van der Waals surface area (Å²) in [6, 6.07) is 4.52. The number of hydrogen-bond donors (Lipinski definition) is 0. The molecule has 3 nitrogen and oxygen atoms in total. The summed E-state index contributed by atoms with van der Waals surface area (Å²) in [5.74, 6) is -0.866. The van der Waals surface area contributed by atoms with Crippen molar-refractivity contribution in [1.29, 1.82) is 0 Å². The van der Waals surface area contributed by atoms with Crippen molar-refractivity contribution in [3.05, 3.63) is 27.7 Å². The normalized spacial score (nSPS) is 12.0. The van der Waals surface area contributed by atoms with Crippen LogP contribution in [0.15, 0.2) is 22.7 Å². The minimum Gasteiger partial charge on any atom is -0.461 e. The Morgan fingerprint density at radius 1 is 1.62 bits per heavy atom. The third kappa shape index (κ3) is 3.64. The molecule has 0 aromatic heterocycles. The van der Waals surface area contributed by atoms with E-state index in [-0.39, 0.29) is 12.4 Å². The van der Waals surface area contributed by atoms with Gasteiger partial charge in [0.2, 0.25) is 0 Å². The second-order valence-electron chi connectivity index (χ2n) is 2.76. The Morgan fingerprint density at radius 2 is 2.31 bits per heavy atom. The van der Waals surface area contributed by atoms with E-state index in [2.05, 4.69) is 20.7 Å². The van der Waals surface area contributed by atoms with E-state index in [0.29, 0.717) is 9.50 Å². The summed E-state index contributed by atoms with van der Waals surface area (Å²) in [6.07, 6.45) is -2.14. The number of halogens is 3. The van der Waals surface area contributed by atoms with Gasteiger partial charge in [-0.05, 0) is 41.1 Å². The Hall–Kier alpha value is -0.810. The Balaban J connectivity index is 2.69. The van der Waals surface area contributed by atoms with Gasteiger partial charge in [-0.2, -0.15) is 4.39 Å². The van der Waals surface area contributed by atoms with E-state index in [9.17, 15) is 9.18 Å². The number of hydrogen-bond acceptors (Lipinski definition) is 3.